The van der Waals surface area contributed by atoms with Gasteiger partial charge in [-0.2, -0.15) is 0 Å². The zero-order valence-electron chi connectivity index (χ0n) is 31.3. The van der Waals surface area contributed by atoms with Gasteiger partial charge < -0.3 is 0 Å². The number of hydrogen-bond donors (Lipinski definition) is 0. The topological polar surface area (TPSA) is 51.2 Å². The van der Waals surface area contributed by atoms with Gasteiger partial charge in [0, 0.05) is 33.4 Å². The first-order valence-corrected chi connectivity index (χ1v) is 17.3. The van der Waals surface area contributed by atoms with Crippen LogP contribution >= 0.6 is 0 Å². The summed E-state index contributed by atoms with van der Waals surface area (Å²) >= 11 is 0. The Balaban J connectivity index is 0.000000172. The molecule has 6 rings (SSSR count). The van der Waals surface area contributed by atoms with Gasteiger partial charge in [-0.1, -0.05) is 139 Å². The molecule has 0 fully saturated rings. The molecule has 0 bridgehead atoms. The summed E-state index contributed by atoms with van der Waals surface area (Å²) in [5.74, 6) is 0.305. The number of carbonyl (C=O) groups excluding carboxylic acids is 3. The van der Waals surface area contributed by atoms with E-state index >= 15 is 0 Å². The zero-order chi connectivity index (χ0) is 37.2. The third-order valence-corrected chi connectivity index (χ3v) is 9.62. The summed E-state index contributed by atoms with van der Waals surface area (Å²) in [5, 5.41) is 0. The van der Waals surface area contributed by atoms with Gasteiger partial charge in [-0.15, -0.1) is 0 Å². The van der Waals surface area contributed by atoms with E-state index in [4.69, 9.17) is 0 Å². The molecule has 6 aromatic rings. The van der Waals surface area contributed by atoms with Crippen LogP contribution in [-0.4, -0.2) is 17.3 Å². The van der Waals surface area contributed by atoms with Gasteiger partial charge in [0.25, 0.3) is 0 Å². The van der Waals surface area contributed by atoms with Gasteiger partial charge in [-0.3, -0.25) is 14.4 Å². The highest BCUT2D eigenvalue weighted by Crippen LogP contribution is 2.22. The highest BCUT2D eigenvalue weighted by Gasteiger charge is 2.15. The molecule has 3 heteroatoms. The molecule has 0 N–H and O–H groups in total. The van der Waals surface area contributed by atoms with E-state index in [2.05, 4.69) is 27.7 Å². The van der Waals surface area contributed by atoms with Gasteiger partial charge in [0.1, 0.15) is 0 Å². The Morgan fingerprint density at radius 3 is 1.08 bits per heavy atom. The lowest BCUT2D eigenvalue weighted by Crippen LogP contribution is -2.05. The Bertz CT molecular complexity index is 2160. The van der Waals surface area contributed by atoms with E-state index in [0.717, 1.165) is 50.1 Å². The number of hydrogen-bond acceptors (Lipinski definition) is 3. The lowest BCUT2D eigenvalue weighted by molar-refractivity contribution is 0.103. The van der Waals surface area contributed by atoms with E-state index < -0.39 is 0 Å². The Labute approximate surface area is 304 Å². The molecule has 258 valence electrons. The summed E-state index contributed by atoms with van der Waals surface area (Å²) in [6.45, 7) is 18.3. The highest BCUT2D eigenvalue weighted by atomic mass is 16.1. The third-order valence-electron chi connectivity index (χ3n) is 9.62. The molecule has 0 aliphatic carbocycles. The van der Waals surface area contributed by atoms with Gasteiger partial charge >= 0.3 is 0 Å². The number of benzene rings is 6. The normalized spacial score (nSPS) is 10.3. The SMILES string of the molecule is Cc1ccc(C(=O)c2ccc(C)c(C)c2C)cc1.Cc1ccc(C(=O)c2ccccc2)c(C)c1.Cc1ccc(C(=O)c2ccccc2)c(C)c1C. The monoisotopic (exact) mass is 672 g/mol. The first-order chi connectivity index (χ1) is 24.3. The molecule has 0 aromatic heterocycles. The number of carbonyl (C=O) groups is 3. The summed E-state index contributed by atoms with van der Waals surface area (Å²) in [5.41, 5.74) is 15.1. The molecular weight excluding hydrogens is 625 g/mol. The predicted molar refractivity (Wildman–Crippen MR) is 212 cm³/mol. The maximum absolute atomic E-state index is 12.4. The fourth-order valence-corrected chi connectivity index (χ4v) is 5.82. The standard InChI is InChI=1S/C17H18O.C16H16O.C15H14O/c1-11-5-8-15(9-6-11)17(18)16-10-7-12(2)13(3)14(16)4;1-11-9-10-15(13(3)12(11)2)16(17)14-7-5-4-6-8-14;1-11-8-9-14(12(2)10-11)15(16)13-6-4-3-5-7-13/h5-10H,1-4H3;4-10H,1-3H3;3-10H,1-2H3. The van der Waals surface area contributed by atoms with E-state index in [-0.39, 0.29) is 17.3 Å². The number of rotatable bonds is 6. The van der Waals surface area contributed by atoms with Gasteiger partial charge in [0.05, 0.1) is 0 Å². The lowest BCUT2D eigenvalue weighted by atomic mass is 9.93. The van der Waals surface area contributed by atoms with E-state index in [1.807, 2.05) is 162 Å². The highest BCUT2D eigenvalue weighted by molar-refractivity contribution is 6.11. The lowest BCUT2D eigenvalue weighted by Gasteiger charge is -2.10. The van der Waals surface area contributed by atoms with Crippen LogP contribution in [0.25, 0.3) is 0 Å². The van der Waals surface area contributed by atoms with Crippen molar-refractivity contribution in [2.75, 3.05) is 0 Å². The van der Waals surface area contributed by atoms with Crippen LogP contribution in [0, 0.1) is 62.3 Å². The van der Waals surface area contributed by atoms with Crippen LogP contribution in [0.2, 0.25) is 0 Å². The zero-order valence-corrected chi connectivity index (χ0v) is 31.3. The smallest absolute Gasteiger partial charge is 0.193 e. The summed E-state index contributed by atoms with van der Waals surface area (Å²) in [7, 11) is 0. The summed E-state index contributed by atoms with van der Waals surface area (Å²) in [6.07, 6.45) is 0. The first-order valence-electron chi connectivity index (χ1n) is 17.3. The van der Waals surface area contributed by atoms with Crippen LogP contribution in [-0.2, 0) is 0 Å². The molecule has 0 saturated heterocycles. The molecule has 6 aromatic carbocycles. The van der Waals surface area contributed by atoms with Crippen molar-refractivity contribution in [1.29, 1.82) is 0 Å². The number of aryl methyl sites for hydroxylation is 5. The second-order valence-electron chi connectivity index (χ2n) is 13.3. The maximum Gasteiger partial charge on any atom is 0.193 e. The van der Waals surface area contributed by atoms with Crippen LogP contribution in [0.1, 0.15) is 97.8 Å². The van der Waals surface area contributed by atoms with Crippen LogP contribution in [0.3, 0.4) is 0 Å². The number of ketones is 3. The molecule has 0 aliphatic rings. The predicted octanol–water partition coefficient (Wildman–Crippen LogP) is 11.5. The Morgan fingerprint density at radius 2 is 0.667 bits per heavy atom. The minimum Gasteiger partial charge on any atom is -0.289 e. The second-order valence-corrected chi connectivity index (χ2v) is 13.3. The van der Waals surface area contributed by atoms with Crippen molar-refractivity contribution in [1.82, 2.24) is 0 Å². The molecule has 0 amide bonds. The Kier molecular flexibility index (Phi) is 12.9. The largest absolute Gasteiger partial charge is 0.289 e. The van der Waals surface area contributed by atoms with Gasteiger partial charge in [-0.05, 0) is 101 Å². The van der Waals surface area contributed by atoms with E-state index in [1.54, 1.807) is 0 Å². The van der Waals surface area contributed by atoms with E-state index in [0.29, 0.717) is 0 Å². The van der Waals surface area contributed by atoms with Gasteiger partial charge in [-0.25, -0.2) is 0 Å². The molecule has 0 radical (unpaired) electrons. The van der Waals surface area contributed by atoms with Crippen molar-refractivity contribution in [2.24, 2.45) is 0 Å². The Hall–Kier alpha value is -5.67. The molecular formula is C48H48O3. The second kappa shape index (κ2) is 17.3. The average molecular weight is 673 g/mol. The molecule has 0 heterocycles. The molecule has 0 atom stereocenters. The summed E-state index contributed by atoms with van der Waals surface area (Å²) < 4.78 is 0. The summed E-state index contributed by atoms with van der Waals surface area (Å²) in [6, 6.07) is 40.3. The average Bonchev–Trinajstić information content (AvgIpc) is 3.14. The minimum absolute atomic E-state index is 0.0955. The van der Waals surface area contributed by atoms with Crippen LogP contribution < -0.4 is 0 Å². The van der Waals surface area contributed by atoms with Crippen molar-refractivity contribution >= 4 is 17.3 Å². The first kappa shape index (κ1) is 38.1. The molecule has 0 saturated carbocycles. The maximum atomic E-state index is 12.4. The van der Waals surface area contributed by atoms with Crippen LogP contribution in [0.5, 0.6) is 0 Å². The molecule has 51 heavy (non-hydrogen) atoms. The fraction of sp³-hybridized carbons (Fsp3) is 0.188. The molecule has 0 aliphatic heterocycles. The molecule has 3 nitrogen and oxygen atoms in total. The fourth-order valence-electron chi connectivity index (χ4n) is 5.82. The van der Waals surface area contributed by atoms with Crippen molar-refractivity contribution in [3.8, 4) is 0 Å². The quantitative estimate of drug-likeness (QED) is 0.165. The van der Waals surface area contributed by atoms with Crippen LogP contribution in [0.4, 0.5) is 0 Å². The van der Waals surface area contributed by atoms with Gasteiger partial charge in [0.15, 0.2) is 17.3 Å². The molecule has 0 spiro atoms. The minimum atomic E-state index is 0.0955. The summed E-state index contributed by atoms with van der Waals surface area (Å²) in [4.78, 5) is 37.0. The van der Waals surface area contributed by atoms with E-state index in [1.165, 1.54) is 33.4 Å². The third kappa shape index (κ3) is 9.52. The van der Waals surface area contributed by atoms with Crippen molar-refractivity contribution < 1.29 is 14.4 Å². The van der Waals surface area contributed by atoms with Gasteiger partial charge in [0.2, 0.25) is 0 Å². The Morgan fingerprint density at radius 1 is 0.314 bits per heavy atom. The van der Waals surface area contributed by atoms with Crippen LogP contribution in [0.15, 0.2) is 127 Å². The van der Waals surface area contributed by atoms with Crippen molar-refractivity contribution in [3.05, 3.63) is 211 Å². The van der Waals surface area contributed by atoms with Crippen molar-refractivity contribution in [3.63, 3.8) is 0 Å². The van der Waals surface area contributed by atoms with Crippen molar-refractivity contribution in [2.45, 2.75) is 62.3 Å². The van der Waals surface area contributed by atoms with E-state index in [9.17, 15) is 14.4 Å². The molecule has 0 unspecified atom stereocenters.